The van der Waals surface area contributed by atoms with E-state index in [2.05, 4.69) is 6.58 Å². The van der Waals surface area contributed by atoms with Crippen molar-refractivity contribution in [1.82, 2.24) is 0 Å². The molecule has 1 aliphatic rings. The lowest BCUT2D eigenvalue weighted by molar-refractivity contribution is -0.150. The van der Waals surface area contributed by atoms with Gasteiger partial charge in [-0.05, 0) is 19.8 Å². The van der Waals surface area contributed by atoms with Crippen LogP contribution in [0, 0.1) is 0 Å². The number of methoxy groups -OCH3 is 1. The Morgan fingerprint density at radius 1 is 1.56 bits per heavy atom. The van der Waals surface area contributed by atoms with Gasteiger partial charge in [-0.3, -0.25) is 4.79 Å². The molecule has 0 aromatic rings. The van der Waals surface area contributed by atoms with E-state index in [0.29, 0.717) is 19.6 Å². The van der Waals surface area contributed by atoms with Gasteiger partial charge in [-0.15, -0.1) is 0 Å². The number of carbonyl (C=O) groups is 1. The smallest absolute Gasteiger partial charge is 0.303 e. The average Bonchev–Trinajstić information content (AvgIpc) is 3.03. The van der Waals surface area contributed by atoms with Gasteiger partial charge in [0.05, 0.1) is 13.2 Å². The van der Waals surface area contributed by atoms with Crippen molar-refractivity contribution in [2.45, 2.75) is 38.4 Å². The summed E-state index contributed by atoms with van der Waals surface area (Å²) in [6.07, 6.45) is 1.22. The summed E-state index contributed by atoms with van der Waals surface area (Å²) in [5.41, 5.74) is 0.632. The molecule has 0 radical (unpaired) electrons. The molecule has 5 nitrogen and oxygen atoms in total. The summed E-state index contributed by atoms with van der Waals surface area (Å²) < 4.78 is 20.6. The van der Waals surface area contributed by atoms with E-state index in [-0.39, 0.29) is 24.5 Å². The Morgan fingerprint density at radius 3 is 2.72 bits per heavy atom. The van der Waals surface area contributed by atoms with Gasteiger partial charge in [0.15, 0.2) is 0 Å². The summed E-state index contributed by atoms with van der Waals surface area (Å²) in [5.74, 6) is -0.280. The van der Waals surface area contributed by atoms with Crippen molar-refractivity contribution in [3.63, 3.8) is 0 Å². The van der Waals surface area contributed by atoms with Gasteiger partial charge in [0.25, 0.3) is 0 Å². The molecule has 1 rings (SSSR count). The van der Waals surface area contributed by atoms with Crippen LogP contribution >= 0.6 is 0 Å². The molecule has 5 heteroatoms. The van der Waals surface area contributed by atoms with Crippen LogP contribution in [0.2, 0.25) is 0 Å². The number of hydrogen-bond donors (Lipinski definition) is 0. The van der Waals surface area contributed by atoms with Gasteiger partial charge in [-0.1, -0.05) is 12.2 Å². The van der Waals surface area contributed by atoms with Crippen molar-refractivity contribution in [3.8, 4) is 0 Å². The van der Waals surface area contributed by atoms with Gasteiger partial charge in [-0.25, -0.2) is 0 Å². The minimum atomic E-state index is -0.320. The van der Waals surface area contributed by atoms with Crippen molar-refractivity contribution in [2.24, 2.45) is 0 Å². The van der Waals surface area contributed by atoms with Crippen LogP contribution in [0.3, 0.4) is 0 Å². The molecule has 0 saturated carbocycles. The molecule has 0 amide bonds. The molecule has 1 heterocycles. The maximum Gasteiger partial charge on any atom is 0.303 e. The highest BCUT2D eigenvalue weighted by atomic mass is 16.7. The first-order valence-electron chi connectivity index (χ1n) is 6.02. The van der Waals surface area contributed by atoms with Crippen molar-refractivity contribution in [3.05, 3.63) is 12.2 Å². The van der Waals surface area contributed by atoms with Crippen molar-refractivity contribution in [2.75, 3.05) is 27.1 Å². The zero-order valence-corrected chi connectivity index (χ0v) is 11.4. The lowest BCUT2D eigenvalue weighted by atomic mass is 9.99. The third kappa shape index (κ3) is 5.16. The van der Waals surface area contributed by atoms with Crippen LogP contribution in [0.1, 0.15) is 26.7 Å². The van der Waals surface area contributed by atoms with Gasteiger partial charge in [0.2, 0.25) is 0 Å². The molecule has 2 atom stereocenters. The number of carbonyl (C=O) groups excluding carboxylic acids is 1. The minimum Gasteiger partial charge on any atom is -0.459 e. The van der Waals surface area contributed by atoms with Gasteiger partial charge >= 0.3 is 5.97 Å². The fraction of sp³-hybridized carbons (Fsp3) is 0.769. The largest absolute Gasteiger partial charge is 0.459 e. The molecule has 0 spiro atoms. The van der Waals surface area contributed by atoms with Gasteiger partial charge in [-0.2, -0.15) is 0 Å². The molecule has 1 fully saturated rings. The molecule has 18 heavy (non-hydrogen) atoms. The van der Waals surface area contributed by atoms with Gasteiger partial charge in [0, 0.05) is 14.0 Å². The number of esters is 1. The van der Waals surface area contributed by atoms with E-state index in [4.69, 9.17) is 18.9 Å². The lowest BCUT2D eigenvalue weighted by Gasteiger charge is -2.21. The van der Waals surface area contributed by atoms with Crippen molar-refractivity contribution >= 4 is 5.97 Å². The highest BCUT2D eigenvalue weighted by Crippen LogP contribution is 2.35. The van der Waals surface area contributed by atoms with Gasteiger partial charge < -0.3 is 18.9 Å². The monoisotopic (exact) mass is 258 g/mol. The zero-order valence-electron chi connectivity index (χ0n) is 11.4. The Balaban J connectivity index is 2.29. The summed E-state index contributed by atoms with van der Waals surface area (Å²) in [6.45, 7) is 8.63. The number of ether oxygens (including phenoxy) is 4. The molecule has 0 unspecified atom stereocenters. The first-order chi connectivity index (χ1) is 8.48. The van der Waals surface area contributed by atoms with E-state index in [9.17, 15) is 4.79 Å². The number of epoxide rings is 1. The van der Waals surface area contributed by atoms with Gasteiger partial charge in [0.1, 0.15) is 18.5 Å². The standard InChI is InChI=1S/C13H22O5/c1-10(7-16-9-15-4)5-6-12(18-11(2)14)13(3)8-17-13/h12H,1,5-9H2,2-4H3/t12-,13+/m1/s1. The quantitative estimate of drug-likeness (QED) is 0.207. The highest BCUT2D eigenvalue weighted by Gasteiger charge is 2.48. The number of hydrogen-bond acceptors (Lipinski definition) is 5. The molecule has 0 bridgehead atoms. The second-order valence-electron chi connectivity index (χ2n) is 4.74. The normalized spacial score (nSPS) is 23.5. The molecule has 0 N–H and O–H groups in total. The predicted molar refractivity (Wildman–Crippen MR) is 66.1 cm³/mol. The van der Waals surface area contributed by atoms with E-state index in [0.717, 1.165) is 12.0 Å². The third-order valence-corrected chi connectivity index (χ3v) is 2.86. The Bertz CT molecular complexity index is 296. The Morgan fingerprint density at radius 2 is 2.22 bits per heavy atom. The first kappa shape index (κ1) is 15.1. The SMILES string of the molecule is C=C(CC[C@@H](OC(C)=O)[C@]1(C)CO1)COCOC. The molecular weight excluding hydrogens is 236 g/mol. The topological polar surface area (TPSA) is 57.3 Å². The van der Waals surface area contributed by atoms with Crippen LogP contribution in [-0.4, -0.2) is 44.8 Å². The van der Waals surface area contributed by atoms with E-state index in [1.165, 1.54) is 6.92 Å². The van der Waals surface area contributed by atoms with Crippen LogP contribution in [0.4, 0.5) is 0 Å². The highest BCUT2D eigenvalue weighted by molar-refractivity contribution is 5.66. The van der Waals surface area contributed by atoms with E-state index >= 15 is 0 Å². The maximum absolute atomic E-state index is 11.0. The van der Waals surface area contributed by atoms with Crippen LogP contribution < -0.4 is 0 Å². The fourth-order valence-corrected chi connectivity index (χ4v) is 1.67. The average molecular weight is 258 g/mol. The van der Waals surface area contributed by atoms with Crippen molar-refractivity contribution in [1.29, 1.82) is 0 Å². The van der Waals surface area contributed by atoms with E-state index < -0.39 is 0 Å². The summed E-state index contributed by atoms with van der Waals surface area (Å²) in [5, 5.41) is 0. The fourth-order valence-electron chi connectivity index (χ4n) is 1.67. The summed E-state index contributed by atoms with van der Waals surface area (Å²) in [4.78, 5) is 11.0. The first-order valence-corrected chi connectivity index (χ1v) is 6.02. The summed E-state index contributed by atoms with van der Waals surface area (Å²) >= 11 is 0. The van der Waals surface area contributed by atoms with Crippen LogP contribution in [0.25, 0.3) is 0 Å². The third-order valence-electron chi connectivity index (χ3n) is 2.86. The molecule has 1 aliphatic heterocycles. The molecule has 1 saturated heterocycles. The second kappa shape index (κ2) is 6.87. The van der Waals surface area contributed by atoms with Crippen molar-refractivity contribution < 1.29 is 23.7 Å². The lowest BCUT2D eigenvalue weighted by Crippen LogP contribution is -2.31. The molecule has 0 aliphatic carbocycles. The zero-order chi connectivity index (χ0) is 13.6. The van der Waals surface area contributed by atoms with Crippen LogP contribution in [0.5, 0.6) is 0 Å². The van der Waals surface area contributed by atoms with Crippen LogP contribution in [0.15, 0.2) is 12.2 Å². The molecule has 0 aromatic heterocycles. The minimum absolute atomic E-state index is 0.214. The van der Waals surface area contributed by atoms with Crippen LogP contribution in [-0.2, 0) is 23.7 Å². The Labute approximate surface area is 108 Å². The second-order valence-corrected chi connectivity index (χ2v) is 4.74. The molecule has 0 aromatic carbocycles. The molecular formula is C13H22O5. The number of rotatable bonds is 9. The maximum atomic E-state index is 11.0. The van der Waals surface area contributed by atoms with E-state index in [1.54, 1.807) is 7.11 Å². The predicted octanol–water partition coefficient (Wildman–Crippen LogP) is 1.66. The Hall–Kier alpha value is -0.910. The molecule has 104 valence electrons. The van der Waals surface area contributed by atoms with E-state index in [1.807, 2.05) is 6.92 Å². The summed E-state index contributed by atoms with van der Waals surface area (Å²) in [7, 11) is 1.57. The Kier molecular flexibility index (Phi) is 5.78. The summed E-state index contributed by atoms with van der Waals surface area (Å²) in [6, 6.07) is 0.